The van der Waals surface area contributed by atoms with E-state index < -0.39 is 0 Å². The molecule has 0 unspecified atom stereocenters. The number of benzene rings is 1. The van der Waals surface area contributed by atoms with Crippen molar-refractivity contribution in [3.8, 4) is 5.75 Å². The average Bonchev–Trinajstić information content (AvgIpc) is 2.53. The van der Waals surface area contributed by atoms with Crippen molar-refractivity contribution in [3.63, 3.8) is 0 Å². The second-order valence-electron chi connectivity index (χ2n) is 7.19. The van der Waals surface area contributed by atoms with Gasteiger partial charge in [0.1, 0.15) is 5.75 Å². The van der Waals surface area contributed by atoms with Crippen molar-refractivity contribution < 1.29 is 4.74 Å². The molecule has 1 heterocycles. The van der Waals surface area contributed by atoms with Crippen LogP contribution in [0.1, 0.15) is 56.6 Å². The Labute approximate surface area is 128 Å². The molecule has 0 aromatic heterocycles. The molecule has 4 rings (SSSR count). The van der Waals surface area contributed by atoms with Crippen molar-refractivity contribution in [1.29, 1.82) is 0 Å². The van der Waals surface area contributed by atoms with Crippen LogP contribution in [-0.4, -0.2) is 19.2 Å². The molecule has 3 atom stereocenters. The number of fused-ring (bicyclic) bond motifs is 1. The minimum atomic E-state index is 0.452. The number of nitrogens with one attached hydrogen (secondary N) is 1. The smallest absolute Gasteiger partial charge is 0.119 e. The summed E-state index contributed by atoms with van der Waals surface area (Å²) in [6.07, 6.45) is 9.25. The summed E-state index contributed by atoms with van der Waals surface area (Å²) < 4.78 is 5.92. The van der Waals surface area contributed by atoms with Gasteiger partial charge in [-0.1, -0.05) is 25.8 Å². The molecular weight excluding hydrogens is 258 g/mol. The first-order valence-corrected chi connectivity index (χ1v) is 8.83. The highest BCUT2D eigenvalue weighted by Gasteiger charge is 2.51. The highest BCUT2D eigenvalue weighted by atomic mass is 16.5. The van der Waals surface area contributed by atoms with E-state index in [1.807, 2.05) is 0 Å². The van der Waals surface area contributed by atoms with Gasteiger partial charge in [-0.2, -0.15) is 0 Å². The van der Waals surface area contributed by atoms with Crippen LogP contribution in [0.15, 0.2) is 18.2 Å². The van der Waals surface area contributed by atoms with E-state index in [9.17, 15) is 0 Å². The third-order valence-corrected chi connectivity index (χ3v) is 6.09. The van der Waals surface area contributed by atoms with E-state index in [4.69, 9.17) is 4.74 Å². The minimum Gasteiger partial charge on any atom is -0.494 e. The predicted octanol–water partition coefficient (Wildman–Crippen LogP) is 3.82. The quantitative estimate of drug-likeness (QED) is 0.911. The first kappa shape index (κ1) is 13.6. The molecule has 1 aromatic rings. The van der Waals surface area contributed by atoms with Crippen molar-refractivity contribution in [3.05, 3.63) is 29.3 Å². The third-order valence-electron chi connectivity index (χ3n) is 6.09. The second kappa shape index (κ2) is 5.31. The lowest BCUT2D eigenvalue weighted by atomic mass is 9.53. The Kier molecular flexibility index (Phi) is 3.45. The molecule has 2 nitrogen and oxygen atoms in total. The van der Waals surface area contributed by atoms with E-state index in [-0.39, 0.29) is 0 Å². The van der Waals surface area contributed by atoms with E-state index in [0.29, 0.717) is 11.5 Å². The fourth-order valence-electron chi connectivity index (χ4n) is 5.21. The van der Waals surface area contributed by atoms with Crippen LogP contribution in [0.5, 0.6) is 5.75 Å². The van der Waals surface area contributed by atoms with Gasteiger partial charge in [0.2, 0.25) is 0 Å². The average molecular weight is 285 g/mol. The number of piperidine rings is 1. The molecular formula is C19H27NO. The summed E-state index contributed by atoms with van der Waals surface area (Å²) in [5.41, 5.74) is 3.67. The van der Waals surface area contributed by atoms with Gasteiger partial charge in [-0.3, -0.25) is 0 Å². The van der Waals surface area contributed by atoms with Gasteiger partial charge in [0.15, 0.2) is 0 Å². The molecule has 2 heteroatoms. The van der Waals surface area contributed by atoms with Gasteiger partial charge in [0.25, 0.3) is 0 Å². The van der Waals surface area contributed by atoms with E-state index in [1.165, 1.54) is 45.1 Å². The van der Waals surface area contributed by atoms with Crippen molar-refractivity contribution in [2.45, 2.75) is 63.3 Å². The maximum atomic E-state index is 5.92. The zero-order valence-electron chi connectivity index (χ0n) is 13.2. The molecule has 2 aliphatic carbocycles. The van der Waals surface area contributed by atoms with Gasteiger partial charge < -0.3 is 10.1 Å². The lowest BCUT2D eigenvalue weighted by molar-refractivity contribution is 0.0794. The van der Waals surface area contributed by atoms with Crippen LogP contribution in [0.2, 0.25) is 0 Å². The maximum Gasteiger partial charge on any atom is 0.119 e. The van der Waals surface area contributed by atoms with Crippen molar-refractivity contribution in [1.82, 2.24) is 5.32 Å². The Morgan fingerprint density at radius 2 is 2.24 bits per heavy atom. The van der Waals surface area contributed by atoms with Gasteiger partial charge in [-0.05, 0) is 67.8 Å². The van der Waals surface area contributed by atoms with Gasteiger partial charge in [-0.25, -0.2) is 0 Å². The summed E-state index contributed by atoms with van der Waals surface area (Å²) in [5.74, 6) is 1.94. The summed E-state index contributed by atoms with van der Waals surface area (Å²) in [5, 5.41) is 3.80. The fourth-order valence-corrected chi connectivity index (χ4v) is 5.21. The SMILES string of the molecule is CCCOc1ccc2c(c1)[C@@]13CCCC[C@H]1[C@@H](C2)NCC3. The maximum absolute atomic E-state index is 5.92. The monoisotopic (exact) mass is 285 g/mol. The van der Waals surface area contributed by atoms with Crippen LogP contribution in [0.4, 0.5) is 0 Å². The number of ether oxygens (including phenoxy) is 1. The highest BCUT2D eigenvalue weighted by molar-refractivity contribution is 5.45. The van der Waals surface area contributed by atoms with Crippen LogP contribution in [-0.2, 0) is 11.8 Å². The van der Waals surface area contributed by atoms with Gasteiger partial charge in [0, 0.05) is 11.5 Å². The molecule has 1 N–H and O–H groups in total. The largest absolute Gasteiger partial charge is 0.494 e. The third kappa shape index (κ3) is 2.11. The topological polar surface area (TPSA) is 21.3 Å². The van der Waals surface area contributed by atoms with Crippen LogP contribution < -0.4 is 10.1 Å². The molecule has 0 radical (unpaired) electrons. The molecule has 2 fully saturated rings. The highest BCUT2D eigenvalue weighted by Crippen LogP contribution is 2.54. The first-order chi connectivity index (χ1) is 10.3. The normalized spacial score (nSPS) is 34.0. The second-order valence-corrected chi connectivity index (χ2v) is 7.19. The summed E-state index contributed by atoms with van der Waals surface area (Å²) in [6, 6.07) is 7.64. The molecule has 0 amide bonds. The van der Waals surface area contributed by atoms with Crippen molar-refractivity contribution >= 4 is 0 Å². The van der Waals surface area contributed by atoms with Crippen molar-refractivity contribution in [2.75, 3.05) is 13.2 Å². The summed E-state index contributed by atoms with van der Waals surface area (Å²) in [6.45, 7) is 4.20. The number of rotatable bonds is 3. The molecule has 0 spiro atoms. The lowest BCUT2D eigenvalue weighted by Crippen LogP contribution is -2.59. The summed E-state index contributed by atoms with van der Waals surface area (Å²) in [7, 11) is 0. The predicted molar refractivity (Wildman–Crippen MR) is 86.0 cm³/mol. The van der Waals surface area contributed by atoms with Crippen LogP contribution >= 0.6 is 0 Å². The zero-order valence-corrected chi connectivity index (χ0v) is 13.2. The Morgan fingerprint density at radius 3 is 3.14 bits per heavy atom. The zero-order chi connectivity index (χ0) is 14.3. The van der Waals surface area contributed by atoms with E-state index in [1.54, 1.807) is 11.1 Å². The molecule has 1 saturated heterocycles. The van der Waals surface area contributed by atoms with Gasteiger partial charge in [-0.15, -0.1) is 0 Å². The van der Waals surface area contributed by atoms with Crippen LogP contribution in [0, 0.1) is 5.92 Å². The Balaban J connectivity index is 1.76. The minimum absolute atomic E-state index is 0.452. The Hall–Kier alpha value is -1.02. The standard InChI is InChI=1S/C19H27NO/c1-2-11-21-15-7-6-14-12-18-16-5-3-4-8-19(16,9-10-20-18)17(14)13-15/h6-7,13,16,18,20H,2-5,8-12H2,1H3/t16-,18+,19+/m0/s1. The molecule has 1 saturated carbocycles. The number of hydrogen-bond donors (Lipinski definition) is 1. The van der Waals surface area contributed by atoms with E-state index >= 15 is 0 Å². The van der Waals surface area contributed by atoms with E-state index in [2.05, 4.69) is 30.4 Å². The molecule has 2 bridgehead atoms. The first-order valence-electron chi connectivity index (χ1n) is 8.83. The van der Waals surface area contributed by atoms with Crippen LogP contribution in [0.3, 0.4) is 0 Å². The summed E-state index contributed by atoms with van der Waals surface area (Å²) in [4.78, 5) is 0. The lowest BCUT2D eigenvalue weighted by Gasteiger charge is -2.56. The summed E-state index contributed by atoms with van der Waals surface area (Å²) >= 11 is 0. The molecule has 1 aromatic carbocycles. The van der Waals surface area contributed by atoms with Crippen LogP contribution in [0.25, 0.3) is 0 Å². The Bertz CT molecular complexity index is 522. The van der Waals surface area contributed by atoms with Gasteiger partial charge in [0.05, 0.1) is 6.61 Å². The molecule has 114 valence electrons. The van der Waals surface area contributed by atoms with E-state index in [0.717, 1.165) is 24.7 Å². The fraction of sp³-hybridized carbons (Fsp3) is 0.684. The molecule has 21 heavy (non-hydrogen) atoms. The number of hydrogen-bond acceptors (Lipinski definition) is 2. The Morgan fingerprint density at radius 1 is 1.29 bits per heavy atom. The van der Waals surface area contributed by atoms with Crippen molar-refractivity contribution in [2.24, 2.45) is 5.92 Å². The van der Waals surface area contributed by atoms with Gasteiger partial charge >= 0.3 is 0 Å². The molecule has 1 aliphatic heterocycles. The molecule has 3 aliphatic rings.